The first-order chi connectivity index (χ1) is 14.2. The molecule has 0 aliphatic carbocycles. The second kappa shape index (κ2) is 9.75. The molecule has 0 spiro atoms. The van der Waals surface area contributed by atoms with E-state index in [2.05, 4.69) is 87.7 Å². The quantitative estimate of drug-likeness (QED) is 0.779. The number of anilines is 1. The zero-order valence-electron chi connectivity index (χ0n) is 17.9. The van der Waals surface area contributed by atoms with Gasteiger partial charge in [0.05, 0.1) is 0 Å². The first kappa shape index (κ1) is 20.4. The molecule has 0 atom stereocenters. The summed E-state index contributed by atoms with van der Waals surface area (Å²) < 4.78 is 0. The fraction of sp³-hybridized carbons (Fsp3) is 0.520. The van der Waals surface area contributed by atoms with Gasteiger partial charge in [0.25, 0.3) is 0 Å². The molecule has 2 fully saturated rings. The van der Waals surface area contributed by atoms with Crippen LogP contribution in [-0.4, -0.2) is 79.6 Å². The zero-order chi connectivity index (χ0) is 19.9. The molecule has 2 saturated heterocycles. The topological polar surface area (TPSA) is 21.8 Å². The molecule has 4 rings (SSSR count). The van der Waals surface area contributed by atoms with Gasteiger partial charge in [-0.3, -0.25) is 4.90 Å². The molecule has 156 valence electrons. The maximum Gasteiger partial charge on any atom is 0.0407 e. The number of piperidine rings is 1. The lowest BCUT2D eigenvalue weighted by Crippen LogP contribution is -2.63. The molecule has 4 heteroatoms. The van der Waals surface area contributed by atoms with Gasteiger partial charge in [0.2, 0.25) is 0 Å². The molecule has 4 nitrogen and oxygen atoms in total. The van der Waals surface area contributed by atoms with Crippen molar-refractivity contribution in [2.75, 3.05) is 64.7 Å². The predicted octanol–water partition coefficient (Wildman–Crippen LogP) is 3.42. The molecule has 2 aliphatic heterocycles. The van der Waals surface area contributed by atoms with E-state index in [1.807, 2.05) is 0 Å². The molecule has 0 bridgehead atoms. The van der Waals surface area contributed by atoms with Crippen LogP contribution in [0.15, 0.2) is 60.7 Å². The van der Waals surface area contributed by atoms with Crippen LogP contribution in [0.2, 0.25) is 0 Å². The van der Waals surface area contributed by atoms with Gasteiger partial charge < -0.3 is 15.1 Å². The van der Waals surface area contributed by atoms with Crippen LogP contribution in [0, 0.1) is 0 Å². The average molecular weight is 393 g/mol. The predicted molar refractivity (Wildman–Crippen MR) is 123 cm³/mol. The molecular formula is C25H36N4. The van der Waals surface area contributed by atoms with Crippen LogP contribution in [0.5, 0.6) is 0 Å². The van der Waals surface area contributed by atoms with Crippen LogP contribution >= 0.6 is 0 Å². The lowest BCUT2D eigenvalue weighted by Gasteiger charge is -2.51. The standard InChI is InChI=1S/C25H36N4/c1-27-16-13-25(14-17-27,22-26-24-10-6-3-7-11-24)29-20-18-28(19-21-29)15-12-23-8-4-2-5-9-23/h2-11,26H,12-22H2,1H3. The normalized spacial score (nSPS) is 21.1. The summed E-state index contributed by atoms with van der Waals surface area (Å²) in [5.74, 6) is 0. The molecular weight excluding hydrogens is 356 g/mol. The highest BCUT2D eigenvalue weighted by Gasteiger charge is 2.40. The number of rotatable bonds is 7. The number of nitrogens with one attached hydrogen (secondary N) is 1. The lowest BCUT2D eigenvalue weighted by molar-refractivity contribution is 0.00153. The van der Waals surface area contributed by atoms with E-state index >= 15 is 0 Å². The van der Waals surface area contributed by atoms with E-state index in [1.54, 1.807) is 0 Å². The third-order valence-corrected chi connectivity index (χ3v) is 6.92. The minimum Gasteiger partial charge on any atom is -0.383 e. The molecule has 0 aromatic heterocycles. The van der Waals surface area contributed by atoms with Crippen molar-refractivity contribution < 1.29 is 0 Å². The first-order valence-corrected chi connectivity index (χ1v) is 11.2. The van der Waals surface area contributed by atoms with Gasteiger partial charge in [0.15, 0.2) is 0 Å². The molecule has 0 saturated carbocycles. The van der Waals surface area contributed by atoms with E-state index in [0.29, 0.717) is 0 Å². The van der Waals surface area contributed by atoms with Crippen molar-refractivity contribution in [3.05, 3.63) is 66.2 Å². The van der Waals surface area contributed by atoms with Crippen molar-refractivity contribution in [2.45, 2.75) is 24.8 Å². The molecule has 2 heterocycles. The molecule has 1 N–H and O–H groups in total. The minimum absolute atomic E-state index is 0.286. The van der Waals surface area contributed by atoms with Crippen LogP contribution in [-0.2, 0) is 6.42 Å². The summed E-state index contributed by atoms with van der Waals surface area (Å²) in [5, 5.41) is 3.75. The number of hydrogen-bond donors (Lipinski definition) is 1. The smallest absolute Gasteiger partial charge is 0.0407 e. The van der Waals surface area contributed by atoms with Crippen LogP contribution < -0.4 is 5.32 Å². The zero-order valence-corrected chi connectivity index (χ0v) is 17.9. The highest BCUT2D eigenvalue weighted by Crippen LogP contribution is 2.30. The molecule has 29 heavy (non-hydrogen) atoms. The van der Waals surface area contributed by atoms with Crippen molar-refractivity contribution in [3.63, 3.8) is 0 Å². The SMILES string of the molecule is CN1CCC(CNc2ccccc2)(N2CCN(CCc3ccccc3)CC2)CC1. The highest BCUT2D eigenvalue weighted by molar-refractivity contribution is 5.43. The molecule has 2 aromatic carbocycles. The Morgan fingerprint density at radius 1 is 0.793 bits per heavy atom. The molecule has 0 amide bonds. The Morgan fingerprint density at radius 2 is 1.41 bits per heavy atom. The summed E-state index contributed by atoms with van der Waals surface area (Å²) in [5.41, 5.74) is 2.98. The van der Waals surface area contributed by atoms with E-state index < -0.39 is 0 Å². The molecule has 2 aromatic rings. The highest BCUT2D eigenvalue weighted by atomic mass is 15.3. The summed E-state index contributed by atoms with van der Waals surface area (Å²) in [6, 6.07) is 21.6. The van der Waals surface area contributed by atoms with Gasteiger partial charge in [-0.1, -0.05) is 48.5 Å². The van der Waals surface area contributed by atoms with E-state index in [1.165, 1.54) is 69.9 Å². The number of para-hydroxylation sites is 1. The molecule has 2 aliphatic rings. The van der Waals surface area contributed by atoms with E-state index in [4.69, 9.17) is 0 Å². The van der Waals surface area contributed by atoms with Gasteiger partial charge >= 0.3 is 0 Å². The summed E-state index contributed by atoms with van der Waals surface area (Å²) in [6.45, 7) is 9.38. The molecule has 0 radical (unpaired) electrons. The van der Waals surface area contributed by atoms with Crippen LogP contribution in [0.25, 0.3) is 0 Å². The average Bonchev–Trinajstić information content (AvgIpc) is 2.79. The van der Waals surface area contributed by atoms with Crippen molar-refractivity contribution >= 4 is 5.69 Å². The maximum absolute atomic E-state index is 3.75. The number of nitrogens with zero attached hydrogens (tertiary/aromatic N) is 3. The summed E-state index contributed by atoms with van der Waals surface area (Å²) in [7, 11) is 2.26. The van der Waals surface area contributed by atoms with Crippen LogP contribution in [0.1, 0.15) is 18.4 Å². The van der Waals surface area contributed by atoms with Gasteiger partial charge in [-0.15, -0.1) is 0 Å². The first-order valence-electron chi connectivity index (χ1n) is 11.2. The van der Waals surface area contributed by atoms with Crippen LogP contribution in [0.3, 0.4) is 0 Å². The van der Waals surface area contributed by atoms with Gasteiger partial charge in [-0.05, 0) is 57.1 Å². The minimum atomic E-state index is 0.286. The van der Waals surface area contributed by atoms with Gasteiger partial charge in [0.1, 0.15) is 0 Å². The third kappa shape index (κ3) is 5.39. The Labute approximate surface area is 176 Å². The van der Waals surface area contributed by atoms with Gasteiger partial charge in [-0.25, -0.2) is 0 Å². The van der Waals surface area contributed by atoms with E-state index in [-0.39, 0.29) is 5.54 Å². The second-order valence-electron chi connectivity index (χ2n) is 8.81. The Morgan fingerprint density at radius 3 is 2.07 bits per heavy atom. The number of benzene rings is 2. The number of piperazine rings is 1. The largest absolute Gasteiger partial charge is 0.383 e. The van der Waals surface area contributed by atoms with Crippen molar-refractivity contribution in [2.24, 2.45) is 0 Å². The Kier molecular flexibility index (Phi) is 6.86. The summed E-state index contributed by atoms with van der Waals surface area (Å²) in [4.78, 5) is 7.93. The lowest BCUT2D eigenvalue weighted by atomic mass is 9.84. The van der Waals surface area contributed by atoms with E-state index in [0.717, 1.165) is 13.0 Å². The third-order valence-electron chi connectivity index (χ3n) is 6.92. The van der Waals surface area contributed by atoms with E-state index in [9.17, 15) is 0 Å². The van der Waals surface area contributed by atoms with Crippen molar-refractivity contribution in [1.29, 1.82) is 0 Å². The monoisotopic (exact) mass is 392 g/mol. The van der Waals surface area contributed by atoms with Crippen molar-refractivity contribution in [3.8, 4) is 0 Å². The fourth-order valence-corrected chi connectivity index (χ4v) is 4.84. The van der Waals surface area contributed by atoms with Gasteiger partial charge in [-0.2, -0.15) is 0 Å². The van der Waals surface area contributed by atoms with Crippen LogP contribution in [0.4, 0.5) is 5.69 Å². The maximum atomic E-state index is 3.75. The fourth-order valence-electron chi connectivity index (χ4n) is 4.84. The van der Waals surface area contributed by atoms with Crippen molar-refractivity contribution in [1.82, 2.24) is 14.7 Å². The van der Waals surface area contributed by atoms with Gasteiger partial charge in [0, 0.05) is 50.5 Å². The second-order valence-corrected chi connectivity index (χ2v) is 8.81. The summed E-state index contributed by atoms with van der Waals surface area (Å²) in [6.07, 6.45) is 3.67. The Balaban J connectivity index is 1.33. The molecule has 0 unspecified atom stereocenters. The Bertz CT molecular complexity index is 717. The Hall–Kier alpha value is -1.88. The number of hydrogen-bond acceptors (Lipinski definition) is 4. The summed E-state index contributed by atoms with van der Waals surface area (Å²) >= 11 is 0. The number of likely N-dealkylation sites (tertiary alicyclic amines) is 1.